The van der Waals surface area contributed by atoms with Crippen molar-refractivity contribution >= 4 is 40.2 Å². The third-order valence-corrected chi connectivity index (χ3v) is 7.06. The smallest absolute Gasteiger partial charge is 0.246 e. The predicted octanol–water partition coefficient (Wildman–Crippen LogP) is 5.75. The normalized spacial score (nSPS) is 17.5. The fourth-order valence-electron chi connectivity index (χ4n) is 4.49. The molecule has 1 aliphatic rings. The lowest BCUT2D eigenvalue weighted by atomic mass is 9.97. The molecule has 5 rings (SSSR count). The highest BCUT2D eigenvalue weighted by Gasteiger charge is 2.34. The number of rotatable bonds is 4. The molecule has 1 fully saturated rings. The summed E-state index contributed by atoms with van der Waals surface area (Å²) in [6.45, 7) is 2.68. The second-order valence-electron chi connectivity index (χ2n) is 7.63. The summed E-state index contributed by atoms with van der Waals surface area (Å²) in [5.41, 5.74) is 1.22. The maximum Gasteiger partial charge on any atom is 0.246 e. The van der Waals surface area contributed by atoms with Crippen molar-refractivity contribution in [3.8, 4) is 10.7 Å². The van der Waals surface area contributed by atoms with Gasteiger partial charge in [0, 0.05) is 6.54 Å². The lowest BCUT2D eigenvalue weighted by molar-refractivity contribution is -0.135. The Kier molecular flexibility index (Phi) is 5.00. The number of nitrogens with one attached hydrogen (secondary N) is 1. The zero-order valence-electron chi connectivity index (χ0n) is 16.6. The van der Waals surface area contributed by atoms with Crippen LogP contribution in [0.15, 0.2) is 60.0 Å². The van der Waals surface area contributed by atoms with Gasteiger partial charge in [0.1, 0.15) is 6.04 Å². The Morgan fingerprint density at radius 2 is 2.03 bits per heavy atom. The second-order valence-corrected chi connectivity index (χ2v) is 8.97. The van der Waals surface area contributed by atoms with E-state index in [0.717, 1.165) is 30.1 Å². The second kappa shape index (κ2) is 7.81. The SMILES string of the molecule is CC(C(=O)N1CCCC1c1cccc2ccccc12)n1c(-c2cccs2)n[nH]c1=S. The van der Waals surface area contributed by atoms with Crippen LogP contribution in [-0.4, -0.2) is 32.1 Å². The molecule has 0 aliphatic carbocycles. The first kappa shape index (κ1) is 19.2. The molecule has 3 heterocycles. The average Bonchev–Trinajstić information content (AvgIpc) is 3.52. The molecule has 1 N–H and O–H groups in total. The van der Waals surface area contributed by atoms with E-state index < -0.39 is 6.04 Å². The van der Waals surface area contributed by atoms with Gasteiger partial charge in [0.2, 0.25) is 5.91 Å². The number of carbonyl (C=O) groups excluding carboxylic acids is 1. The molecule has 4 aromatic rings. The zero-order valence-corrected chi connectivity index (χ0v) is 18.2. The number of likely N-dealkylation sites (tertiary alicyclic amines) is 1. The predicted molar refractivity (Wildman–Crippen MR) is 123 cm³/mol. The third-order valence-electron chi connectivity index (χ3n) is 5.91. The number of hydrogen-bond donors (Lipinski definition) is 1. The highest BCUT2D eigenvalue weighted by Crippen LogP contribution is 2.37. The number of hydrogen-bond acceptors (Lipinski definition) is 4. The molecule has 7 heteroatoms. The van der Waals surface area contributed by atoms with Gasteiger partial charge in [0.25, 0.3) is 0 Å². The maximum absolute atomic E-state index is 13.7. The Morgan fingerprint density at radius 1 is 1.20 bits per heavy atom. The van der Waals surface area contributed by atoms with Crippen LogP contribution in [0.5, 0.6) is 0 Å². The monoisotopic (exact) mass is 434 g/mol. The first-order valence-electron chi connectivity index (χ1n) is 10.1. The summed E-state index contributed by atoms with van der Waals surface area (Å²) in [4.78, 5) is 16.7. The van der Waals surface area contributed by atoms with Crippen LogP contribution in [0.3, 0.4) is 0 Å². The molecule has 5 nitrogen and oxygen atoms in total. The van der Waals surface area contributed by atoms with Gasteiger partial charge in [-0.15, -0.1) is 11.3 Å². The molecule has 152 valence electrons. The fraction of sp³-hybridized carbons (Fsp3) is 0.261. The van der Waals surface area contributed by atoms with Crippen molar-refractivity contribution in [2.24, 2.45) is 0 Å². The first-order valence-corrected chi connectivity index (χ1v) is 11.4. The van der Waals surface area contributed by atoms with Crippen molar-refractivity contribution in [1.29, 1.82) is 0 Å². The average molecular weight is 435 g/mol. The summed E-state index contributed by atoms with van der Waals surface area (Å²) in [6, 6.07) is 18.4. The minimum absolute atomic E-state index is 0.0808. The highest BCUT2D eigenvalue weighted by atomic mass is 32.1. The molecule has 2 unspecified atom stereocenters. The Bertz CT molecular complexity index is 1250. The van der Waals surface area contributed by atoms with Gasteiger partial charge < -0.3 is 4.90 Å². The van der Waals surface area contributed by atoms with Gasteiger partial charge in [-0.2, -0.15) is 5.10 Å². The number of benzene rings is 2. The number of aromatic amines is 1. The van der Waals surface area contributed by atoms with Gasteiger partial charge in [-0.25, -0.2) is 0 Å². The van der Waals surface area contributed by atoms with Crippen LogP contribution in [0, 0.1) is 4.77 Å². The van der Waals surface area contributed by atoms with Gasteiger partial charge >= 0.3 is 0 Å². The van der Waals surface area contributed by atoms with Gasteiger partial charge in [-0.3, -0.25) is 14.5 Å². The van der Waals surface area contributed by atoms with Crippen LogP contribution in [0.4, 0.5) is 0 Å². The molecule has 0 radical (unpaired) electrons. The topological polar surface area (TPSA) is 53.9 Å². The quantitative estimate of drug-likeness (QED) is 0.416. The van der Waals surface area contributed by atoms with Crippen LogP contribution in [0.1, 0.15) is 37.4 Å². The summed E-state index contributed by atoms with van der Waals surface area (Å²) in [5, 5.41) is 11.7. The minimum Gasteiger partial charge on any atom is -0.334 e. The largest absolute Gasteiger partial charge is 0.334 e. The van der Waals surface area contributed by atoms with Crippen molar-refractivity contribution in [1.82, 2.24) is 19.7 Å². The lowest BCUT2D eigenvalue weighted by Gasteiger charge is -2.29. The fourth-order valence-corrected chi connectivity index (χ4v) is 5.49. The van der Waals surface area contributed by atoms with E-state index in [1.165, 1.54) is 16.3 Å². The van der Waals surface area contributed by atoms with Gasteiger partial charge in [0.15, 0.2) is 10.6 Å². The van der Waals surface area contributed by atoms with E-state index in [2.05, 4.69) is 52.7 Å². The van der Waals surface area contributed by atoms with Crippen LogP contribution in [-0.2, 0) is 4.79 Å². The number of amides is 1. The maximum atomic E-state index is 13.7. The van der Waals surface area contributed by atoms with Crippen molar-refractivity contribution in [3.05, 3.63) is 70.3 Å². The zero-order chi connectivity index (χ0) is 20.7. The van der Waals surface area contributed by atoms with Crippen molar-refractivity contribution < 1.29 is 4.79 Å². The number of H-pyrrole nitrogens is 1. The summed E-state index contributed by atoms with van der Waals surface area (Å²) >= 11 is 7.07. The molecule has 30 heavy (non-hydrogen) atoms. The summed E-state index contributed by atoms with van der Waals surface area (Å²) in [5.74, 6) is 0.803. The summed E-state index contributed by atoms with van der Waals surface area (Å²) in [6.07, 6.45) is 1.97. The summed E-state index contributed by atoms with van der Waals surface area (Å²) in [7, 11) is 0. The van der Waals surface area contributed by atoms with E-state index in [-0.39, 0.29) is 11.9 Å². The molecule has 0 bridgehead atoms. The molecular weight excluding hydrogens is 412 g/mol. The molecule has 2 aromatic heterocycles. The molecule has 1 saturated heterocycles. The summed E-state index contributed by atoms with van der Waals surface area (Å²) < 4.78 is 2.32. The van der Waals surface area contributed by atoms with E-state index in [0.29, 0.717) is 4.77 Å². The minimum atomic E-state index is -0.427. The first-order chi connectivity index (χ1) is 14.6. The number of fused-ring (bicyclic) bond motifs is 1. The van der Waals surface area contributed by atoms with Gasteiger partial charge in [0.05, 0.1) is 10.9 Å². The van der Waals surface area contributed by atoms with Crippen LogP contribution in [0.2, 0.25) is 0 Å². The lowest BCUT2D eigenvalue weighted by Crippen LogP contribution is -2.36. The highest BCUT2D eigenvalue weighted by molar-refractivity contribution is 7.71. The molecule has 1 amide bonds. The van der Waals surface area contributed by atoms with E-state index in [1.54, 1.807) is 11.3 Å². The third kappa shape index (κ3) is 3.18. The Labute approximate surface area is 184 Å². The Hall–Kier alpha value is -2.77. The molecular formula is C23H22N4OS2. The molecule has 0 spiro atoms. The van der Waals surface area contributed by atoms with Crippen LogP contribution in [0.25, 0.3) is 21.5 Å². The van der Waals surface area contributed by atoms with Crippen LogP contribution < -0.4 is 0 Å². The molecule has 0 saturated carbocycles. The Balaban J connectivity index is 1.51. The van der Waals surface area contributed by atoms with E-state index in [4.69, 9.17) is 12.2 Å². The van der Waals surface area contributed by atoms with Crippen molar-refractivity contribution in [2.75, 3.05) is 6.54 Å². The molecule has 1 aliphatic heterocycles. The van der Waals surface area contributed by atoms with Crippen molar-refractivity contribution in [3.63, 3.8) is 0 Å². The van der Waals surface area contributed by atoms with Gasteiger partial charge in [-0.1, -0.05) is 48.5 Å². The van der Waals surface area contributed by atoms with Crippen LogP contribution >= 0.6 is 23.6 Å². The van der Waals surface area contributed by atoms with Gasteiger partial charge in [-0.05, 0) is 59.8 Å². The van der Waals surface area contributed by atoms with E-state index >= 15 is 0 Å². The van der Waals surface area contributed by atoms with E-state index in [1.807, 2.05) is 33.9 Å². The number of carbonyl (C=O) groups is 1. The van der Waals surface area contributed by atoms with Crippen molar-refractivity contribution in [2.45, 2.75) is 31.8 Å². The molecule has 2 aromatic carbocycles. The number of aromatic nitrogens is 3. The number of thiophene rings is 1. The van der Waals surface area contributed by atoms with E-state index in [9.17, 15) is 4.79 Å². The molecule has 2 atom stereocenters. The Morgan fingerprint density at radius 3 is 2.87 bits per heavy atom. The number of nitrogens with zero attached hydrogens (tertiary/aromatic N) is 3. The standard InChI is InChI=1S/C23H22N4OS2/c1-15(27-21(24-25-23(27)29)20-12-6-14-30-20)22(28)26-13-5-11-19(26)18-10-4-8-16-7-2-3-9-17(16)18/h2-4,6-10,12,14-15,19H,5,11,13H2,1H3,(H,25,29).